The molecule has 0 radical (unpaired) electrons. The van der Waals surface area contributed by atoms with E-state index in [9.17, 15) is 9.90 Å². The Morgan fingerprint density at radius 3 is 2.62 bits per heavy atom. The number of aliphatic carboxylic acids is 1. The van der Waals surface area contributed by atoms with Crippen LogP contribution in [0.5, 0.6) is 5.75 Å². The van der Waals surface area contributed by atoms with Gasteiger partial charge in [0.15, 0.2) is 0 Å². The molecule has 1 aromatic heterocycles. The summed E-state index contributed by atoms with van der Waals surface area (Å²) in [5.41, 5.74) is 1.84. The average Bonchev–Trinajstić information content (AvgIpc) is 3.59. The van der Waals surface area contributed by atoms with E-state index in [0.717, 1.165) is 44.2 Å². The molecule has 2 atom stereocenters. The summed E-state index contributed by atoms with van der Waals surface area (Å²) in [6, 6.07) is 13.3. The zero-order valence-corrected chi connectivity index (χ0v) is 23.0. The highest BCUT2D eigenvalue weighted by atomic mass is 35.5. The Morgan fingerprint density at radius 1 is 1.13 bits per heavy atom. The number of benzene rings is 2. The number of anilines is 1. The largest absolute Gasteiger partial charge is 0.550 e. The van der Waals surface area contributed by atoms with E-state index in [-0.39, 0.29) is 12.5 Å². The zero-order valence-electron chi connectivity index (χ0n) is 21.5. The van der Waals surface area contributed by atoms with Gasteiger partial charge in [0, 0.05) is 60.8 Å². The van der Waals surface area contributed by atoms with Gasteiger partial charge in [-0.2, -0.15) is 0 Å². The van der Waals surface area contributed by atoms with Crippen LogP contribution in [0.25, 0.3) is 0 Å². The fourth-order valence-electron chi connectivity index (χ4n) is 4.99. The second-order valence-corrected chi connectivity index (χ2v) is 10.6. The maximum Gasteiger partial charge on any atom is 0.215 e. The monoisotopic (exact) mass is 573 g/mol. The van der Waals surface area contributed by atoms with Crippen LogP contribution < -0.4 is 14.7 Å². The number of nitrogens with zero attached hydrogens (tertiary/aromatic N) is 4. The summed E-state index contributed by atoms with van der Waals surface area (Å²) in [4.78, 5) is 19.4. The molecular weight excluding hydrogens is 543 g/mol. The number of carbonyl (C=O) groups is 1. The molecule has 2 saturated heterocycles. The summed E-state index contributed by atoms with van der Waals surface area (Å²) >= 11 is 12.7. The molecule has 9 nitrogen and oxygen atoms in total. The molecule has 11 heteroatoms. The highest BCUT2D eigenvalue weighted by molar-refractivity contribution is 6.35. The molecule has 0 saturated carbocycles. The number of halogens is 2. The van der Waals surface area contributed by atoms with Gasteiger partial charge < -0.3 is 33.6 Å². The number of carboxylic acids is 1. The van der Waals surface area contributed by atoms with Gasteiger partial charge in [0.2, 0.25) is 5.79 Å². The summed E-state index contributed by atoms with van der Waals surface area (Å²) in [7, 11) is 0. The summed E-state index contributed by atoms with van der Waals surface area (Å²) in [5.74, 6) is -1.32. The van der Waals surface area contributed by atoms with Crippen LogP contribution in [-0.4, -0.2) is 72.5 Å². The standard InChI is InChI=1S/C28H32Cl2N4O5/c29-21-3-8-25(26(30)16-21)28(19-33-11-9-31-20-33)38-18-24(39-28)17-37-23-6-4-22(5-7-23)34-14-12-32(13-15-34)10-1-2-27(35)36/h3-9,11,16,20,24H,1-2,10,12-15,17-19H2,(H,35,36)/p-1. The van der Waals surface area contributed by atoms with Gasteiger partial charge in [-0.3, -0.25) is 4.90 Å². The molecule has 3 aromatic rings. The number of hydrogen-bond acceptors (Lipinski definition) is 8. The molecule has 2 aliphatic rings. The summed E-state index contributed by atoms with van der Waals surface area (Å²) in [6.45, 7) is 5.43. The molecule has 2 fully saturated rings. The molecule has 2 aromatic carbocycles. The molecule has 39 heavy (non-hydrogen) atoms. The Kier molecular flexibility index (Phi) is 8.94. The van der Waals surface area contributed by atoms with Crippen molar-refractivity contribution in [2.75, 3.05) is 50.8 Å². The quantitative estimate of drug-likeness (QED) is 0.345. The van der Waals surface area contributed by atoms with Crippen LogP contribution in [0.15, 0.2) is 61.2 Å². The first-order valence-corrected chi connectivity index (χ1v) is 13.8. The molecule has 0 N–H and O–H groups in total. The van der Waals surface area contributed by atoms with Crippen LogP contribution in [0.1, 0.15) is 18.4 Å². The fourth-order valence-corrected chi connectivity index (χ4v) is 5.55. The minimum absolute atomic E-state index is 0.111. The van der Waals surface area contributed by atoms with Gasteiger partial charge in [0.1, 0.15) is 18.5 Å². The third kappa shape index (κ3) is 7.04. The number of ether oxygens (including phenoxy) is 3. The van der Waals surface area contributed by atoms with Crippen LogP contribution in [0.2, 0.25) is 10.0 Å². The van der Waals surface area contributed by atoms with Gasteiger partial charge in [-0.05, 0) is 55.8 Å². The van der Waals surface area contributed by atoms with Crippen LogP contribution in [-0.2, 0) is 26.6 Å². The number of hydrogen-bond donors (Lipinski definition) is 0. The van der Waals surface area contributed by atoms with E-state index in [2.05, 4.69) is 26.9 Å². The normalized spacial score (nSPS) is 21.8. The number of carboxylic acid groups (broad SMARTS) is 1. The first-order chi connectivity index (χ1) is 18.9. The smallest absolute Gasteiger partial charge is 0.215 e. The van der Waals surface area contributed by atoms with Crippen molar-refractivity contribution in [1.82, 2.24) is 14.5 Å². The lowest BCUT2D eigenvalue weighted by Crippen LogP contribution is -2.46. The van der Waals surface area contributed by atoms with Gasteiger partial charge >= 0.3 is 0 Å². The van der Waals surface area contributed by atoms with Crippen LogP contribution in [0.3, 0.4) is 0 Å². The van der Waals surface area contributed by atoms with Crippen LogP contribution >= 0.6 is 23.2 Å². The van der Waals surface area contributed by atoms with Crippen LogP contribution in [0.4, 0.5) is 5.69 Å². The van der Waals surface area contributed by atoms with Crippen molar-refractivity contribution in [2.24, 2.45) is 0 Å². The highest BCUT2D eigenvalue weighted by Gasteiger charge is 2.45. The molecule has 0 spiro atoms. The topological polar surface area (TPSA) is 92.1 Å². The molecule has 0 bridgehead atoms. The van der Waals surface area contributed by atoms with Gasteiger partial charge in [-0.15, -0.1) is 0 Å². The third-order valence-electron chi connectivity index (χ3n) is 7.02. The third-order valence-corrected chi connectivity index (χ3v) is 7.56. The second kappa shape index (κ2) is 12.6. The van der Waals surface area contributed by atoms with Gasteiger partial charge in [0.25, 0.3) is 0 Å². The fraction of sp³-hybridized carbons (Fsp3) is 0.429. The molecule has 0 amide bonds. The molecule has 3 heterocycles. The molecule has 5 rings (SSSR count). The van der Waals surface area contributed by atoms with Crippen molar-refractivity contribution >= 4 is 34.9 Å². The van der Waals surface area contributed by atoms with Crippen molar-refractivity contribution in [1.29, 1.82) is 0 Å². The van der Waals surface area contributed by atoms with E-state index in [4.69, 9.17) is 37.4 Å². The number of piperazine rings is 1. The van der Waals surface area contributed by atoms with Gasteiger partial charge in [-0.25, -0.2) is 4.98 Å². The molecule has 208 valence electrons. The second-order valence-electron chi connectivity index (χ2n) is 9.77. The lowest BCUT2D eigenvalue weighted by atomic mass is 10.1. The first kappa shape index (κ1) is 27.7. The Labute approximate surface area is 237 Å². The van der Waals surface area contributed by atoms with Gasteiger partial charge in [-0.1, -0.05) is 29.3 Å². The SMILES string of the molecule is O=C([O-])CCCN1CCN(c2ccc(OCC3COC(Cn4ccnc4)(c4ccc(Cl)cc4Cl)O3)cc2)CC1. The number of aromatic nitrogens is 2. The predicted octanol–water partition coefficient (Wildman–Crippen LogP) is 3.19. The minimum Gasteiger partial charge on any atom is -0.550 e. The lowest BCUT2D eigenvalue weighted by molar-refractivity contribution is -0.305. The minimum atomic E-state index is -1.09. The lowest BCUT2D eigenvalue weighted by Gasteiger charge is -2.36. The number of carbonyl (C=O) groups excluding carboxylic acids is 1. The Hall–Kier alpha value is -2.82. The number of rotatable bonds is 11. The van der Waals surface area contributed by atoms with Crippen molar-refractivity contribution in [3.8, 4) is 5.75 Å². The van der Waals surface area contributed by atoms with E-state index >= 15 is 0 Å². The molecular formula is C28H31Cl2N4O5-. The first-order valence-electron chi connectivity index (χ1n) is 13.0. The average molecular weight is 574 g/mol. The summed E-state index contributed by atoms with van der Waals surface area (Å²) in [6.07, 6.45) is 5.70. The van der Waals surface area contributed by atoms with Crippen molar-refractivity contribution in [3.05, 3.63) is 76.8 Å². The van der Waals surface area contributed by atoms with Crippen molar-refractivity contribution < 1.29 is 24.1 Å². The Bertz CT molecular complexity index is 1240. The molecule has 2 aliphatic heterocycles. The maximum atomic E-state index is 10.6. The predicted molar refractivity (Wildman–Crippen MR) is 146 cm³/mol. The Balaban J connectivity index is 1.15. The van der Waals surface area contributed by atoms with E-state index < -0.39 is 11.8 Å². The summed E-state index contributed by atoms with van der Waals surface area (Å²) < 4.78 is 20.7. The van der Waals surface area contributed by atoms with Gasteiger partial charge in [0.05, 0.1) is 24.5 Å². The van der Waals surface area contributed by atoms with Crippen LogP contribution in [0, 0.1) is 0 Å². The maximum absolute atomic E-state index is 10.6. The van der Waals surface area contributed by atoms with E-state index in [1.54, 1.807) is 24.7 Å². The van der Waals surface area contributed by atoms with E-state index in [1.165, 1.54) is 0 Å². The highest BCUT2D eigenvalue weighted by Crippen LogP contribution is 2.40. The molecule has 2 unspecified atom stereocenters. The number of imidazole rings is 1. The Morgan fingerprint density at radius 2 is 1.92 bits per heavy atom. The van der Waals surface area contributed by atoms with E-state index in [0.29, 0.717) is 41.8 Å². The zero-order chi connectivity index (χ0) is 27.2. The van der Waals surface area contributed by atoms with Crippen molar-refractivity contribution in [2.45, 2.75) is 31.3 Å². The summed E-state index contributed by atoms with van der Waals surface area (Å²) in [5, 5.41) is 11.6. The van der Waals surface area contributed by atoms with E-state index in [1.807, 2.05) is 29.0 Å². The van der Waals surface area contributed by atoms with Crippen molar-refractivity contribution in [3.63, 3.8) is 0 Å². The molecule has 0 aliphatic carbocycles.